The second-order valence-electron chi connectivity index (χ2n) is 5.51. The van der Waals surface area contributed by atoms with Gasteiger partial charge in [0, 0.05) is 23.3 Å². The topological polar surface area (TPSA) is 163 Å². The van der Waals surface area contributed by atoms with Crippen LogP contribution in [0.25, 0.3) is 4.91 Å². The molecule has 10 nitrogen and oxygen atoms in total. The Morgan fingerprint density at radius 3 is 2.17 bits per heavy atom. The molecule has 144 valence electrons. The summed E-state index contributed by atoms with van der Waals surface area (Å²) < 4.78 is 30.8. The van der Waals surface area contributed by atoms with E-state index in [4.69, 9.17) is 16.8 Å². The Kier molecular flexibility index (Phi) is 7.22. The summed E-state index contributed by atoms with van der Waals surface area (Å²) in [6.45, 7) is 0. The molecule has 0 atom stereocenters. The van der Waals surface area contributed by atoms with Crippen LogP contribution in [0.2, 0.25) is 0 Å². The zero-order chi connectivity index (χ0) is 20.6. The third-order valence-electron chi connectivity index (χ3n) is 3.72. The molecule has 2 aliphatic rings. The van der Waals surface area contributed by atoms with Gasteiger partial charge in [-0.05, 0) is 16.4 Å². The molecule has 0 aliphatic heterocycles. The van der Waals surface area contributed by atoms with Crippen molar-refractivity contribution in [1.29, 1.82) is 0 Å². The number of carbonyl (C=O) groups is 2. The molecule has 13 heteroatoms. The first-order valence-corrected chi connectivity index (χ1v) is 9.25. The van der Waals surface area contributed by atoms with E-state index in [1.165, 1.54) is 24.3 Å². The van der Waals surface area contributed by atoms with Gasteiger partial charge in [-0.1, -0.05) is 29.8 Å². The summed E-state index contributed by atoms with van der Waals surface area (Å²) >= 11 is 5.76. The number of nitrogens with zero attached hydrogens (tertiary/aromatic N) is 3. The number of halogens is 1. The van der Waals surface area contributed by atoms with Gasteiger partial charge in [0.15, 0.2) is 0 Å². The quantitative estimate of drug-likeness (QED) is 0.236. The van der Waals surface area contributed by atoms with Crippen LogP contribution in [0.5, 0.6) is 0 Å². The molecule has 0 heterocycles. The molecule has 2 aliphatic carbocycles. The van der Waals surface area contributed by atoms with E-state index in [2.05, 4.69) is 10.2 Å². The maximum Gasteiger partial charge on any atom is 1.00 e. The van der Waals surface area contributed by atoms with Crippen LogP contribution in [0.3, 0.4) is 0 Å². The molecular formula is C16H10ClN3NaO7S+. The zero-order valence-electron chi connectivity index (χ0n) is 14.6. The van der Waals surface area contributed by atoms with E-state index in [0.29, 0.717) is 0 Å². The smallest absolute Gasteiger partial charge is 0.733 e. The number of hydroxylamine groups is 2. The van der Waals surface area contributed by atoms with Crippen LogP contribution in [-0.4, -0.2) is 42.5 Å². The molecule has 0 saturated heterocycles. The first-order chi connectivity index (χ1) is 13.1. The molecular weight excluding hydrogens is 437 g/mol. The predicted octanol–water partition coefficient (Wildman–Crippen LogP) is -0.751. The van der Waals surface area contributed by atoms with Crippen LogP contribution in [0, 0.1) is 5.21 Å². The van der Waals surface area contributed by atoms with Crippen LogP contribution < -0.4 is 29.6 Å². The number of allylic oxidation sites excluding steroid dienone is 4. The minimum Gasteiger partial charge on any atom is -0.733 e. The van der Waals surface area contributed by atoms with Gasteiger partial charge in [0.2, 0.25) is 16.5 Å². The summed E-state index contributed by atoms with van der Waals surface area (Å²) in [5.74, 6) is -1.47. The summed E-state index contributed by atoms with van der Waals surface area (Å²) in [7, 11) is -4.42. The van der Waals surface area contributed by atoms with Crippen molar-refractivity contribution >= 4 is 50.0 Å². The first kappa shape index (κ1) is 23.5. The maximum atomic E-state index is 12.5. The van der Waals surface area contributed by atoms with E-state index in [1.54, 1.807) is 0 Å². The molecule has 1 aromatic carbocycles. The molecule has 0 aromatic heterocycles. The van der Waals surface area contributed by atoms with E-state index in [9.17, 15) is 28.1 Å². The standard InChI is InChI=1S/C16H10ClN3O7S.Na/c17-10-5-11(14(21)7-13(10)20(23)24)18-19-12-6-15(28(25,26)27)8-3-1-2-4-9(8)16(12)22;/h1-7,23H,(H2,25,26,27);/q;+1. The van der Waals surface area contributed by atoms with Crippen LogP contribution in [0.1, 0.15) is 15.9 Å². The Balaban J connectivity index is 0.00000300. The molecule has 0 radical (unpaired) electrons. The predicted molar refractivity (Wildman–Crippen MR) is 101 cm³/mol. The molecule has 0 saturated carbocycles. The van der Waals surface area contributed by atoms with Crippen molar-refractivity contribution in [3.63, 3.8) is 0 Å². The van der Waals surface area contributed by atoms with Gasteiger partial charge in [-0.25, -0.2) is 0 Å². The Hall–Kier alpha value is -1.80. The van der Waals surface area contributed by atoms with Gasteiger partial charge in [-0.2, -0.15) is 9.11 Å². The number of rotatable bonds is 3. The van der Waals surface area contributed by atoms with E-state index in [1.807, 2.05) is 0 Å². The third kappa shape index (κ3) is 4.86. The van der Waals surface area contributed by atoms with Gasteiger partial charge < -0.3 is 10.4 Å². The van der Waals surface area contributed by atoms with Crippen molar-refractivity contribution in [2.75, 3.05) is 0 Å². The molecule has 1 aromatic rings. The minimum absolute atomic E-state index is 0. The number of fused-ring (bicyclic) bond motifs is 1. The van der Waals surface area contributed by atoms with Crippen molar-refractivity contribution in [3.8, 4) is 0 Å². The van der Waals surface area contributed by atoms with Crippen LogP contribution >= 0.6 is 11.6 Å². The Labute approximate surface area is 191 Å². The second-order valence-corrected chi connectivity index (χ2v) is 7.35. The number of ketones is 2. The van der Waals surface area contributed by atoms with Gasteiger partial charge in [-0.15, -0.1) is 10.2 Å². The molecule has 0 fully saturated rings. The fourth-order valence-electron chi connectivity index (χ4n) is 2.46. The molecule has 3 rings (SSSR count). The van der Waals surface area contributed by atoms with Gasteiger partial charge in [0.25, 0.3) is 0 Å². The number of benzene rings is 1. The number of carbonyl (C=O) groups excluding carboxylic acids is 2. The molecule has 0 unspecified atom stereocenters. The maximum absolute atomic E-state index is 12.5. The summed E-state index contributed by atoms with van der Waals surface area (Å²) in [6, 6.07) is 5.80. The van der Waals surface area contributed by atoms with Gasteiger partial charge in [0.05, 0.1) is 10.7 Å². The van der Waals surface area contributed by atoms with Crippen molar-refractivity contribution in [2.24, 2.45) is 10.2 Å². The second kappa shape index (κ2) is 8.92. The Morgan fingerprint density at radius 1 is 1.00 bits per heavy atom. The zero-order valence-corrected chi connectivity index (χ0v) is 18.2. The van der Waals surface area contributed by atoms with Crippen LogP contribution in [0.4, 0.5) is 0 Å². The summed E-state index contributed by atoms with van der Waals surface area (Å²) in [5, 5.41) is 26.1. The largest absolute Gasteiger partial charge is 1.00 e. The van der Waals surface area contributed by atoms with Gasteiger partial charge >= 0.3 is 40.1 Å². The SMILES string of the molecule is O=C1C=C(N([O-])O)C(Cl)=CC1=NN=C1C=C([S+](=O)(O)O)c2ccccc2C1=O.[Na+]. The van der Waals surface area contributed by atoms with E-state index in [0.717, 1.165) is 18.2 Å². The van der Waals surface area contributed by atoms with Crippen molar-refractivity contribution in [1.82, 2.24) is 5.23 Å². The number of hydrogen-bond donors (Lipinski definition) is 3. The van der Waals surface area contributed by atoms with E-state index in [-0.39, 0.29) is 51.4 Å². The molecule has 29 heavy (non-hydrogen) atoms. The summed E-state index contributed by atoms with van der Waals surface area (Å²) in [6.07, 6.45) is 2.57. The normalized spacial score (nSPS) is 19.3. The minimum atomic E-state index is -4.42. The fourth-order valence-corrected chi connectivity index (χ4v) is 3.42. The Morgan fingerprint density at radius 2 is 1.59 bits per heavy atom. The van der Waals surface area contributed by atoms with E-state index < -0.39 is 43.6 Å². The van der Waals surface area contributed by atoms with E-state index >= 15 is 0 Å². The van der Waals surface area contributed by atoms with Crippen LogP contribution in [-0.2, 0) is 19.5 Å². The molecule has 0 spiro atoms. The van der Waals surface area contributed by atoms with Crippen molar-refractivity contribution < 1.29 is 57.7 Å². The molecule has 0 bridgehead atoms. The van der Waals surface area contributed by atoms with Crippen LogP contribution in [0.15, 0.2) is 63.4 Å². The van der Waals surface area contributed by atoms with Gasteiger partial charge in [0.1, 0.15) is 11.4 Å². The van der Waals surface area contributed by atoms with Crippen molar-refractivity contribution in [2.45, 2.75) is 0 Å². The average Bonchev–Trinajstić information content (AvgIpc) is 2.62. The molecule has 3 N–H and O–H groups in total. The average molecular weight is 447 g/mol. The fraction of sp³-hybridized carbons (Fsp3) is 0. The third-order valence-corrected chi connectivity index (χ3v) is 4.94. The summed E-state index contributed by atoms with van der Waals surface area (Å²) in [4.78, 5) is 24.0. The monoisotopic (exact) mass is 446 g/mol. The number of Topliss-reactive ketones (excluding diaryl/α,β-unsaturated/α-hetero) is 1. The van der Waals surface area contributed by atoms with Gasteiger partial charge in [-0.3, -0.25) is 14.8 Å². The van der Waals surface area contributed by atoms with Crippen molar-refractivity contribution in [3.05, 3.63) is 69.6 Å². The molecule has 0 amide bonds. The first-order valence-electron chi connectivity index (χ1n) is 7.40. The number of hydrogen-bond acceptors (Lipinski definition) is 8. The summed E-state index contributed by atoms with van der Waals surface area (Å²) in [5.41, 5.74) is -1.17. The Bertz CT molecular complexity index is 1100.